The van der Waals surface area contributed by atoms with Gasteiger partial charge in [0, 0.05) is 35.4 Å². The fourth-order valence-corrected chi connectivity index (χ4v) is 4.99. The van der Waals surface area contributed by atoms with Crippen LogP contribution in [0, 0.1) is 0 Å². The lowest BCUT2D eigenvalue weighted by molar-refractivity contribution is -0.167. The zero-order chi connectivity index (χ0) is 26.4. The van der Waals surface area contributed by atoms with Crippen molar-refractivity contribution in [2.45, 2.75) is 12.2 Å². The van der Waals surface area contributed by atoms with Crippen molar-refractivity contribution >= 4 is 45.5 Å². The largest absolute Gasteiger partial charge is 0.411 e. The third kappa shape index (κ3) is 4.39. The van der Waals surface area contributed by atoms with Crippen LogP contribution in [0.3, 0.4) is 0 Å². The molecule has 194 valence electrons. The minimum absolute atomic E-state index is 0.187. The molecule has 1 saturated heterocycles. The Morgan fingerprint density at radius 2 is 1.84 bits per heavy atom. The van der Waals surface area contributed by atoms with E-state index in [1.807, 2.05) is 66.5 Å². The van der Waals surface area contributed by atoms with Crippen LogP contribution in [0.1, 0.15) is 0 Å². The Balaban J connectivity index is 1.33. The van der Waals surface area contributed by atoms with E-state index in [0.717, 1.165) is 27.7 Å². The van der Waals surface area contributed by atoms with E-state index in [4.69, 9.17) is 21.3 Å². The molecule has 0 radical (unpaired) electrons. The molecule has 0 bridgehead atoms. The van der Waals surface area contributed by atoms with Gasteiger partial charge >= 0.3 is 6.18 Å². The highest BCUT2D eigenvalue weighted by atomic mass is 35.5. The molecule has 5 aromatic rings. The maximum atomic E-state index is 13.5. The molecule has 7 nitrogen and oxygen atoms in total. The monoisotopic (exact) mass is 538 g/mol. The van der Waals surface area contributed by atoms with E-state index < -0.39 is 12.2 Å². The first kappa shape index (κ1) is 24.4. The highest BCUT2D eigenvalue weighted by molar-refractivity contribution is 6.31. The van der Waals surface area contributed by atoms with Gasteiger partial charge in [0.1, 0.15) is 18.2 Å². The topological polar surface area (TPSA) is 58.8 Å². The Kier molecular flexibility index (Phi) is 6.08. The number of hydrogen-bond acceptors (Lipinski definition) is 6. The summed E-state index contributed by atoms with van der Waals surface area (Å²) in [6, 6.07) is 19.0. The van der Waals surface area contributed by atoms with Crippen molar-refractivity contribution in [3.8, 4) is 11.1 Å². The quantitative estimate of drug-likeness (QED) is 0.274. The molecular formula is C27H22ClF3N6O. The lowest BCUT2D eigenvalue weighted by Gasteiger charge is -2.38. The van der Waals surface area contributed by atoms with Gasteiger partial charge in [0.15, 0.2) is 0 Å². The lowest BCUT2D eigenvalue weighted by Crippen LogP contribution is -2.53. The number of morpholine rings is 1. The summed E-state index contributed by atoms with van der Waals surface area (Å²) in [4.78, 5) is 8.05. The average molecular weight is 539 g/mol. The van der Waals surface area contributed by atoms with Crippen LogP contribution in [0.2, 0.25) is 5.02 Å². The van der Waals surface area contributed by atoms with Gasteiger partial charge in [-0.2, -0.15) is 18.2 Å². The fraction of sp³-hybridized carbons (Fsp3) is 0.222. The number of rotatable bonds is 4. The molecule has 11 heteroatoms. The first-order valence-electron chi connectivity index (χ1n) is 11.9. The van der Waals surface area contributed by atoms with Crippen molar-refractivity contribution in [3.05, 3.63) is 78.1 Å². The summed E-state index contributed by atoms with van der Waals surface area (Å²) in [5.41, 5.74) is 4.04. The Morgan fingerprint density at radius 3 is 2.63 bits per heavy atom. The molecule has 0 aliphatic carbocycles. The van der Waals surface area contributed by atoms with E-state index >= 15 is 0 Å². The maximum absolute atomic E-state index is 13.5. The Hall–Kier alpha value is -3.89. The smallest absolute Gasteiger partial charge is 0.377 e. The van der Waals surface area contributed by atoms with Crippen LogP contribution in [-0.2, 0) is 4.74 Å². The number of anilines is 3. The predicted molar refractivity (Wildman–Crippen MR) is 141 cm³/mol. The van der Waals surface area contributed by atoms with Crippen molar-refractivity contribution in [1.29, 1.82) is 0 Å². The average Bonchev–Trinajstić information content (AvgIpc) is 3.41. The normalized spacial score (nSPS) is 16.3. The number of aromatic nitrogens is 4. The van der Waals surface area contributed by atoms with Crippen molar-refractivity contribution < 1.29 is 17.9 Å². The van der Waals surface area contributed by atoms with Crippen LogP contribution in [0.25, 0.3) is 27.8 Å². The summed E-state index contributed by atoms with van der Waals surface area (Å²) in [6.07, 6.45) is -2.76. The highest BCUT2D eigenvalue weighted by Crippen LogP contribution is 2.35. The van der Waals surface area contributed by atoms with Crippen molar-refractivity contribution in [2.75, 3.05) is 36.6 Å². The van der Waals surface area contributed by atoms with Crippen LogP contribution in [0.5, 0.6) is 0 Å². The SMILES string of the molecule is CN(c1cccc(-c2ccc(N3CCOC[C@@H]3C(F)(F)F)cc2)c1)c1nc2nncn2c2cc(Cl)ccc12. The predicted octanol–water partition coefficient (Wildman–Crippen LogP) is 6.13. The number of halogens is 4. The zero-order valence-electron chi connectivity index (χ0n) is 20.2. The third-order valence-corrected chi connectivity index (χ3v) is 7.02. The van der Waals surface area contributed by atoms with E-state index in [1.54, 1.807) is 22.9 Å². The van der Waals surface area contributed by atoms with Gasteiger partial charge in [-0.05, 0) is 53.6 Å². The molecule has 0 saturated carbocycles. The second-order valence-corrected chi connectivity index (χ2v) is 9.52. The van der Waals surface area contributed by atoms with E-state index in [-0.39, 0.29) is 19.8 Å². The van der Waals surface area contributed by atoms with E-state index in [9.17, 15) is 13.2 Å². The van der Waals surface area contributed by atoms with Crippen LogP contribution < -0.4 is 9.80 Å². The number of alkyl halides is 3. The zero-order valence-corrected chi connectivity index (χ0v) is 21.0. The first-order chi connectivity index (χ1) is 18.3. The van der Waals surface area contributed by atoms with Crippen molar-refractivity contribution in [3.63, 3.8) is 0 Å². The molecule has 0 unspecified atom stereocenters. The number of benzene rings is 3. The van der Waals surface area contributed by atoms with Gasteiger partial charge in [-0.3, -0.25) is 4.40 Å². The van der Waals surface area contributed by atoms with Gasteiger partial charge in [-0.15, -0.1) is 10.2 Å². The summed E-state index contributed by atoms with van der Waals surface area (Å²) < 4.78 is 47.4. The minimum atomic E-state index is -4.36. The molecule has 0 spiro atoms. The van der Waals surface area contributed by atoms with E-state index in [2.05, 4.69) is 10.2 Å². The van der Waals surface area contributed by atoms with E-state index in [1.165, 1.54) is 4.90 Å². The molecule has 38 heavy (non-hydrogen) atoms. The van der Waals surface area contributed by atoms with Crippen molar-refractivity contribution in [2.24, 2.45) is 0 Å². The standard InChI is InChI=1S/C27H22ClF3N6O/c1-35(25-22-10-7-19(28)14-23(22)37-16-32-34-26(37)33-25)21-4-2-3-18(13-21)17-5-8-20(9-6-17)36-11-12-38-15-24(36)27(29,30)31/h2-10,13-14,16,24H,11-12,15H2,1H3/t24-/m1/s1. The van der Waals surface area contributed by atoms with Gasteiger partial charge in [0.2, 0.25) is 0 Å². The second-order valence-electron chi connectivity index (χ2n) is 9.08. The van der Waals surface area contributed by atoms with Gasteiger partial charge in [0.25, 0.3) is 5.78 Å². The molecule has 1 fully saturated rings. The van der Waals surface area contributed by atoms with Gasteiger partial charge in [-0.25, -0.2) is 0 Å². The molecular weight excluding hydrogens is 517 g/mol. The van der Waals surface area contributed by atoms with E-state index in [0.29, 0.717) is 22.3 Å². The van der Waals surface area contributed by atoms with Gasteiger partial charge < -0.3 is 14.5 Å². The summed E-state index contributed by atoms with van der Waals surface area (Å²) in [6.45, 7) is 0.0831. The van der Waals surface area contributed by atoms with Crippen molar-refractivity contribution in [1.82, 2.24) is 19.6 Å². The molecule has 1 aliphatic rings. The molecule has 0 N–H and O–H groups in total. The Bertz CT molecular complexity index is 1620. The molecule has 1 aliphatic heterocycles. The van der Waals surface area contributed by atoms with Gasteiger partial charge in [-0.1, -0.05) is 35.9 Å². The molecule has 0 amide bonds. The molecule has 2 aromatic heterocycles. The number of nitrogens with zero attached hydrogens (tertiary/aromatic N) is 6. The fourth-order valence-electron chi connectivity index (χ4n) is 4.82. The summed E-state index contributed by atoms with van der Waals surface area (Å²) in [5, 5.41) is 9.57. The minimum Gasteiger partial charge on any atom is -0.377 e. The summed E-state index contributed by atoms with van der Waals surface area (Å²) in [7, 11) is 1.92. The highest BCUT2D eigenvalue weighted by Gasteiger charge is 2.45. The van der Waals surface area contributed by atoms with Gasteiger partial charge in [0.05, 0.1) is 18.7 Å². The number of fused-ring (bicyclic) bond motifs is 3. The van der Waals surface area contributed by atoms with Crippen LogP contribution in [0.4, 0.5) is 30.4 Å². The molecule has 6 rings (SSSR count). The van der Waals surface area contributed by atoms with Crippen LogP contribution >= 0.6 is 11.6 Å². The lowest BCUT2D eigenvalue weighted by atomic mass is 10.0. The number of ether oxygens (including phenoxy) is 1. The first-order valence-corrected chi connectivity index (χ1v) is 12.3. The summed E-state index contributed by atoms with van der Waals surface area (Å²) >= 11 is 6.26. The van der Waals surface area contributed by atoms with Crippen LogP contribution in [-0.4, -0.2) is 58.6 Å². The Morgan fingerprint density at radius 1 is 1.03 bits per heavy atom. The number of hydrogen-bond donors (Lipinski definition) is 0. The van der Waals surface area contributed by atoms with Crippen LogP contribution in [0.15, 0.2) is 73.1 Å². The summed E-state index contributed by atoms with van der Waals surface area (Å²) in [5.74, 6) is 1.14. The maximum Gasteiger partial charge on any atom is 0.411 e. The third-order valence-electron chi connectivity index (χ3n) is 6.79. The Labute approximate surface area is 221 Å². The molecule has 1 atom stereocenters. The molecule has 3 heterocycles. The molecule has 3 aromatic carbocycles. The second kappa shape index (κ2) is 9.45.